The number of rotatable bonds is 4. The molecule has 3 heterocycles. The first kappa shape index (κ1) is 16.0. The second-order valence-corrected chi connectivity index (χ2v) is 5.91. The highest BCUT2D eigenvalue weighted by Gasteiger charge is 2.32. The topological polar surface area (TPSA) is 102 Å². The summed E-state index contributed by atoms with van der Waals surface area (Å²) in [6, 6.07) is 9.20. The highest BCUT2D eigenvalue weighted by molar-refractivity contribution is 5.90. The average molecular weight is 352 g/mol. The number of ether oxygens (including phenoxy) is 1. The van der Waals surface area contributed by atoms with Gasteiger partial charge in [-0.1, -0.05) is 0 Å². The van der Waals surface area contributed by atoms with Gasteiger partial charge in [0.05, 0.1) is 13.1 Å². The highest BCUT2D eigenvalue weighted by Crippen LogP contribution is 2.25. The molecule has 0 unspecified atom stereocenters. The average Bonchev–Trinajstić information content (AvgIpc) is 3.24. The number of nitrogens with zero attached hydrogens (tertiary/aromatic N) is 5. The van der Waals surface area contributed by atoms with Crippen LogP contribution in [0, 0.1) is 0 Å². The minimum Gasteiger partial charge on any atom is -0.442 e. The Bertz CT molecular complexity index is 968. The number of amides is 2. The molecule has 1 saturated heterocycles. The van der Waals surface area contributed by atoms with E-state index in [1.165, 1.54) is 6.92 Å². The molecule has 0 bridgehead atoms. The van der Waals surface area contributed by atoms with Crippen molar-refractivity contribution in [3.05, 3.63) is 42.7 Å². The number of hydrogen-bond donors (Lipinski definition) is 1. The van der Waals surface area contributed by atoms with Gasteiger partial charge in [-0.15, -0.1) is 10.2 Å². The Morgan fingerprint density at radius 2 is 2.12 bits per heavy atom. The first-order valence-corrected chi connectivity index (χ1v) is 8.10. The number of fused-ring (bicyclic) bond motifs is 1. The summed E-state index contributed by atoms with van der Waals surface area (Å²) in [5.74, 6) is 1.04. The van der Waals surface area contributed by atoms with Crippen LogP contribution in [0.1, 0.15) is 6.92 Å². The van der Waals surface area contributed by atoms with Crippen LogP contribution < -0.4 is 10.2 Å². The third kappa shape index (κ3) is 2.94. The number of anilines is 1. The molecule has 0 aliphatic carbocycles. The summed E-state index contributed by atoms with van der Waals surface area (Å²) in [7, 11) is 0. The van der Waals surface area contributed by atoms with Crippen LogP contribution in [0.15, 0.2) is 42.7 Å². The molecule has 1 aliphatic rings. The zero-order valence-corrected chi connectivity index (χ0v) is 14.0. The highest BCUT2D eigenvalue weighted by atomic mass is 16.6. The van der Waals surface area contributed by atoms with Gasteiger partial charge in [0.25, 0.3) is 5.78 Å². The van der Waals surface area contributed by atoms with E-state index in [-0.39, 0.29) is 12.0 Å². The lowest BCUT2D eigenvalue weighted by Crippen LogP contribution is -2.33. The van der Waals surface area contributed by atoms with Crippen LogP contribution in [0.4, 0.5) is 10.5 Å². The molecule has 0 spiro atoms. The van der Waals surface area contributed by atoms with Gasteiger partial charge in [-0.25, -0.2) is 9.78 Å². The van der Waals surface area contributed by atoms with Crippen molar-refractivity contribution in [1.29, 1.82) is 0 Å². The maximum atomic E-state index is 12.1. The van der Waals surface area contributed by atoms with Crippen molar-refractivity contribution in [3.63, 3.8) is 0 Å². The quantitative estimate of drug-likeness (QED) is 0.758. The first-order chi connectivity index (χ1) is 12.6. The summed E-state index contributed by atoms with van der Waals surface area (Å²) in [6.07, 6.45) is 2.71. The molecule has 0 saturated carbocycles. The minimum absolute atomic E-state index is 0.154. The standard InChI is InChI=1S/C17H16N6O3/c1-11(24)19-9-14-10-23(17(25)26-14)13-5-3-12(4-6-13)15-20-21-16-18-7-2-8-22(15)16/h2-8,14H,9-10H2,1H3,(H,19,24)/t14-/m0/s1. The third-order valence-corrected chi connectivity index (χ3v) is 4.08. The van der Waals surface area contributed by atoms with Crippen LogP contribution in [-0.2, 0) is 9.53 Å². The number of carbonyl (C=O) groups excluding carboxylic acids is 2. The van der Waals surface area contributed by atoms with Crippen LogP contribution in [0.25, 0.3) is 17.2 Å². The number of cyclic esters (lactones) is 1. The summed E-state index contributed by atoms with van der Waals surface area (Å²) in [4.78, 5) is 28.8. The van der Waals surface area contributed by atoms with E-state index >= 15 is 0 Å². The third-order valence-electron chi connectivity index (χ3n) is 4.08. The van der Waals surface area contributed by atoms with Gasteiger partial charge in [0.1, 0.15) is 6.10 Å². The molecule has 2 amide bonds. The predicted octanol–water partition coefficient (Wildman–Crippen LogP) is 1.25. The summed E-state index contributed by atoms with van der Waals surface area (Å²) in [6.45, 7) is 2.11. The fraction of sp³-hybridized carbons (Fsp3) is 0.235. The van der Waals surface area contributed by atoms with Gasteiger partial charge in [0.15, 0.2) is 5.82 Å². The Morgan fingerprint density at radius 1 is 1.31 bits per heavy atom. The summed E-state index contributed by atoms with van der Waals surface area (Å²) in [5, 5.41) is 10.9. The molecule has 1 N–H and O–H groups in total. The van der Waals surface area contributed by atoms with Gasteiger partial charge in [0, 0.05) is 30.6 Å². The van der Waals surface area contributed by atoms with Crippen LogP contribution in [0.2, 0.25) is 0 Å². The second-order valence-electron chi connectivity index (χ2n) is 5.91. The normalized spacial score (nSPS) is 16.7. The molecule has 1 aliphatic heterocycles. The number of hydrogen-bond acceptors (Lipinski definition) is 6. The molecule has 1 atom stereocenters. The van der Waals surface area contributed by atoms with E-state index in [2.05, 4.69) is 20.5 Å². The second kappa shape index (κ2) is 6.43. The van der Waals surface area contributed by atoms with Crippen LogP contribution in [0.3, 0.4) is 0 Å². The Kier molecular flexibility index (Phi) is 3.96. The molecule has 2 aromatic heterocycles. The van der Waals surface area contributed by atoms with E-state index in [9.17, 15) is 9.59 Å². The number of carbonyl (C=O) groups is 2. The van der Waals surface area contributed by atoms with Gasteiger partial charge in [-0.05, 0) is 30.3 Å². The Labute approximate surface area is 148 Å². The Hall–Kier alpha value is -3.49. The van der Waals surface area contributed by atoms with Gasteiger partial charge >= 0.3 is 6.09 Å². The van der Waals surface area contributed by atoms with E-state index in [0.717, 1.165) is 11.3 Å². The van der Waals surface area contributed by atoms with Crippen molar-refractivity contribution in [3.8, 4) is 11.4 Å². The molecule has 1 aromatic carbocycles. The van der Waals surface area contributed by atoms with Gasteiger partial charge in [0.2, 0.25) is 5.91 Å². The Balaban J connectivity index is 1.53. The molecular weight excluding hydrogens is 336 g/mol. The zero-order valence-electron chi connectivity index (χ0n) is 14.0. The predicted molar refractivity (Wildman–Crippen MR) is 92.5 cm³/mol. The molecular formula is C17H16N6O3. The first-order valence-electron chi connectivity index (χ1n) is 8.10. The van der Waals surface area contributed by atoms with Gasteiger partial charge in [-0.2, -0.15) is 0 Å². The molecule has 132 valence electrons. The van der Waals surface area contributed by atoms with Crippen LogP contribution in [-0.4, -0.2) is 50.8 Å². The lowest BCUT2D eigenvalue weighted by Gasteiger charge is -2.13. The van der Waals surface area contributed by atoms with Gasteiger partial charge < -0.3 is 10.1 Å². The van der Waals surface area contributed by atoms with Crippen molar-refractivity contribution in [1.82, 2.24) is 24.9 Å². The fourth-order valence-corrected chi connectivity index (χ4v) is 2.83. The number of aromatic nitrogens is 4. The largest absolute Gasteiger partial charge is 0.442 e. The van der Waals surface area contributed by atoms with E-state index in [1.54, 1.807) is 15.5 Å². The summed E-state index contributed by atoms with van der Waals surface area (Å²) < 4.78 is 7.07. The van der Waals surface area contributed by atoms with Crippen molar-refractivity contribution in [2.24, 2.45) is 0 Å². The smallest absolute Gasteiger partial charge is 0.414 e. The minimum atomic E-state index is -0.426. The lowest BCUT2D eigenvalue weighted by molar-refractivity contribution is -0.119. The van der Waals surface area contributed by atoms with Crippen LogP contribution in [0.5, 0.6) is 0 Å². The summed E-state index contributed by atoms with van der Waals surface area (Å²) >= 11 is 0. The maximum Gasteiger partial charge on any atom is 0.414 e. The van der Waals surface area contributed by atoms with Crippen molar-refractivity contribution >= 4 is 23.5 Å². The fourth-order valence-electron chi connectivity index (χ4n) is 2.83. The van der Waals surface area contributed by atoms with Crippen molar-refractivity contribution in [2.75, 3.05) is 18.0 Å². The molecule has 9 nitrogen and oxygen atoms in total. The lowest BCUT2D eigenvalue weighted by atomic mass is 10.2. The SMILES string of the molecule is CC(=O)NC[C@H]1CN(c2ccc(-c3nnc4ncccn34)cc2)C(=O)O1. The summed E-state index contributed by atoms with van der Waals surface area (Å²) in [5.41, 5.74) is 1.58. The molecule has 4 rings (SSSR count). The molecule has 0 radical (unpaired) electrons. The van der Waals surface area contributed by atoms with E-state index in [0.29, 0.717) is 24.7 Å². The van der Waals surface area contributed by atoms with E-state index in [1.807, 2.05) is 36.5 Å². The number of benzene rings is 1. The van der Waals surface area contributed by atoms with Crippen molar-refractivity contribution < 1.29 is 14.3 Å². The molecule has 9 heteroatoms. The van der Waals surface area contributed by atoms with Crippen LogP contribution >= 0.6 is 0 Å². The van der Waals surface area contributed by atoms with Gasteiger partial charge in [-0.3, -0.25) is 14.1 Å². The van der Waals surface area contributed by atoms with E-state index in [4.69, 9.17) is 4.74 Å². The monoisotopic (exact) mass is 352 g/mol. The molecule has 1 fully saturated rings. The zero-order chi connectivity index (χ0) is 18.1. The molecule has 26 heavy (non-hydrogen) atoms. The maximum absolute atomic E-state index is 12.1. The molecule has 3 aromatic rings. The number of nitrogens with one attached hydrogen (secondary N) is 1. The van der Waals surface area contributed by atoms with E-state index < -0.39 is 6.09 Å². The van der Waals surface area contributed by atoms with Crippen molar-refractivity contribution in [2.45, 2.75) is 13.0 Å². The Morgan fingerprint density at radius 3 is 2.88 bits per heavy atom.